The summed E-state index contributed by atoms with van der Waals surface area (Å²) >= 11 is 0. The van der Waals surface area contributed by atoms with Crippen LogP contribution in [0.25, 0.3) is 0 Å². The number of amides is 1. The van der Waals surface area contributed by atoms with Gasteiger partial charge >= 0.3 is 0 Å². The van der Waals surface area contributed by atoms with E-state index in [1.54, 1.807) is 7.11 Å². The van der Waals surface area contributed by atoms with E-state index in [9.17, 15) is 4.79 Å². The second-order valence-corrected chi connectivity index (χ2v) is 7.08. The minimum absolute atomic E-state index is 0.0620. The molecule has 2 aromatic carbocycles. The van der Waals surface area contributed by atoms with E-state index in [4.69, 9.17) is 14.2 Å². The van der Waals surface area contributed by atoms with Crippen LogP contribution < -0.4 is 19.5 Å². The van der Waals surface area contributed by atoms with E-state index >= 15 is 0 Å². The Kier molecular flexibility index (Phi) is 7.73. The average molecular weight is 386 g/mol. The van der Waals surface area contributed by atoms with Gasteiger partial charge in [0.1, 0.15) is 5.75 Å². The molecular weight excluding hydrogens is 354 g/mol. The second-order valence-electron chi connectivity index (χ2n) is 7.08. The standard InChI is InChI=1S/C23H31NO4/c1-7-19(28-20-10-8-9-16(4)17(20)5)23(25)24-14-18-11-12-21(27-15(2)3)22(13-18)26-6/h8-13,15,19H,7,14H2,1-6H3,(H,24,25)/t19-/m1/s1. The van der Waals surface area contributed by atoms with Crippen LogP contribution in [0.1, 0.15) is 43.9 Å². The van der Waals surface area contributed by atoms with E-state index in [1.807, 2.05) is 71.0 Å². The van der Waals surface area contributed by atoms with Gasteiger partial charge in [-0.3, -0.25) is 4.79 Å². The molecule has 0 saturated heterocycles. The molecule has 152 valence electrons. The minimum atomic E-state index is -0.536. The Morgan fingerprint density at radius 1 is 1.04 bits per heavy atom. The summed E-state index contributed by atoms with van der Waals surface area (Å²) in [6.45, 7) is 10.3. The predicted molar refractivity (Wildman–Crippen MR) is 111 cm³/mol. The van der Waals surface area contributed by atoms with Crippen molar-refractivity contribution in [2.45, 2.75) is 59.8 Å². The van der Waals surface area contributed by atoms with Gasteiger partial charge in [0, 0.05) is 6.54 Å². The monoisotopic (exact) mass is 385 g/mol. The average Bonchev–Trinajstić information content (AvgIpc) is 2.67. The van der Waals surface area contributed by atoms with Gasteiger partial charge in [0.25, 0.3) is 5.91 Å². The van der Waals surface area contributed by atoms with Crippen molar-refractivity contribution in [2.75, 3.05) is 7.11 Å². The van der Waals surface area contributed by atoms with Crippen LogP contribution in [-0.4, -0.2) is 25.2 Å². The molecule has 0 heterocycles. The fourth-order valence-electron chi connectivity index (χ4n) is 2.80. The summed E-state index contributed by atoms with van der Waals surface area (Å²) in [7, 11) is 1.61. The Bertz CT molecular complexity index is 801. The smallest absolute Gasteiger partial charge is 0.261 e. The molecular formula is C23H31NO4. The number of aryl methyl sites for hydroxylation is 1. The lowest BCUT2D eigenvalue weighted by molar-refractivity contribution is -0.128. The summed E-state index contributed by atoms with van der Waals surface area (Å²) in [6.07, 6.45) is 0.113. The summed E-state index contributed by atoms with van der Waals surface area (Å²) in [4.78, 5) is 12.6. The number of methoxy groups -OCH3 is 1. The quantitative estimate of drug-likeness (QED) is 0.687. The van der Waals surface area contributed by atoms with Gasteiger partial charge in [-0.2, -0.15) is 0 Å². The SMILES string of the molecule is CC[C@@H](Oc1cccc(C)c1C)C(=O)NCc1ccc(OC(C)C)c(OC)c1. The van der Waals surface area contributed by atoms with E-state index < -0.39 is 6.10 Å². The number of hydrogen-bond acceptors (Lipinski definition) is 4. The number of rotatable bonds is 9. The molecule has 1 atom stereocenters. The third kappa shape index (κ3) is 5.65. The van der Waals surface area contributed by atoms with E-state index in [1.165, 1.54) is 0 Å². The van der Waals surface area contributed by atoms with Crippen LogP contribution in [-0.2, 0) is 11.3 Å². The number of carbonyl (C=O) groups excluding carboxylic acids is 1. The van der Waals surface area contributed by atoms with E-state index in [2.05, 4.69) is 5.32 Å². The highest BCUT2D eigenvalue weighted by molar-refractivity contribution is 5.81. The van der Waals surface area contributed by atoms with Crippen LogP contribution in [0.15, 0.2) is 36.4 Å². The molecule has 1 N–H and O–H groups in total. The maximum absolute atomic E-state index is 12.6. The topological polar surface area (TPSA) is 56.8 Å². The zero-order valence-corrected chi connectivity index (χ0v) is 17.7. The third-order valence-electron chi connectivity index (χ3n) is 4.54. The molecule has 5 heteroatoms. The normalized spacial score (nSPS) is 11.8. The van der Waals surface area contributed by atoms with Gasteiger partial charge in [-0.1, -0.05) is 25.1 Å². The first-order valence-electron chi connectivity index (χ1n) is 9.69. The Morgan fingerprint density at radius 3 is 2.43 bits per heavy atom. The number of ether oxygens (including phenoxy) is 3. The van der Waals surface area contributed by atoms with Gasteiger partial charge in [-0.05, 0) is 69.0 Å². The van der Waals surface area contributed by atoms with Gasteiger partial charge in [0.2, 0.25) is 0 Å². The van der Waals surface area contributed by atoms with Crippen molar-refractivity contribution in [3.05, 3.63) is 53.1 Å². The maximum atomic E-state index is 12.6. The van der Waals surface area contributed by atoms with Crippen molar-refractivity contribution < 1.29 is 19.0 Å². The lowest BCUT2D eigenvalue weighted by Crippen LogP contribution is -2.37. The predicted octanol–water partition coefficient (Wildman–Crippen LogP) is 4.57. The lowest BCUT2D eigenvalue weighted by Gasteiger charge is -2.19. The molecule has 2 aromatic rings. The zero-order chi connectivity index (χ0) is 20.7. The molecule has 0 spiro atoms. The fourth-order valence-corrected chi connectivity index (χ4v) is 2.80. The summed E-state index contributed by atoms with van der Waals surface area (Å²) in [6, 6.07) is 11.5. The minimum Gasteiger partial charge on any atom is -0.493 e. The third-order valence-corrected chi connectivity index (χ3v) is 4.54. The van der Waals surface area contributed by atoms with Crippen molar-refractivity contribution >= 4 is 5.91 Å². The number of benzene rings is 2. The maximum Gasteiger partial charge on any atom is 0.261 e. The van der Waals surface area contributed by atoms with Crippen LogP contribution in [0.3, 0.4) is 0 Å². The molecule has 0 saturated carbocycles. The summed E-state index contributed by atoms with van der Waals surface area (Å²) in [5.41, 5.74) is 3.13. The van der Waals surface area contributed by atoms with E-state index in [0.717, 1.165) is 22.4 Å². The first-order valence-corrected chi connectivity index (χ1v) is 9.69. The number of carbonyl (C=O) groups is 1. The van der Waals surface area contributed by atoms with Crippen LogP contribution in [0, 0.1) is 13.8 Å². The Labute approximate surface area is 168 Å². The molecule has 0 aromatic heterocycles. The van der Waals surface area contributed by atoms with Crippen molar-refractivity contribution in [1.82, 2.24) is 5.32 Å². The van der Waals surface area contributed by atoms with Crippen LogP contribution in [0.4, 0.5) is 0 Å². The molecule has 5 nitrogen and oxygen atoms in total. The van der Waals surface area contributed by atoms with Gasteiger partial charge in [0.15, 0.2) is 17.6 Å². The number of hydrogen-bond donors (Lipinski definition) is 1. The molecule has 0 unspecified atom stereocenters. The van der Waals surface area contributed by atoms with Crippen molar-refractivity contribution in [1.29, 1.82) is 0 Å². The summed E-state index contributed by atoms with van der Waals surface area (Å²) in [5.74, 6) is 1.96. The van der Waals surface area contributed by atoms with Crippen LogP contribution in [0.2, 0.25) is 0 Å². The molecule has 0 aliphatic rings. The molecule has 2 rings (SSSR count). The van der Waals surface area contributed by atoms with E-state index in [-0.39, 0.29) is 12.0 Å². The van der Waals surface area contributed by atoms with Gasteiger partial charge in [0.05, 0.1) is 13.2 Å². The van der Waals surface area contributed by atoms with Crippen LogP contribution >= 0.6 is 0 Å². The molecule has 1 amide bonds. The van der Waals surface area contributed by atoms with Gasteiger partial charge < -0.3 is 19.5 Å². The van der Waals surface area contributed by atoms with Gasteiger partial charge in [-0.25, -0.2) is 0 Å². The number of nitrogens with one attached hydrogen (secondary N) is 1. The molecule has 0 bridgehead atoms. The highest BCUT2D eigenvalue weighted by Gasteiger charge is 2.19. The Hall–Kier alpha value is -2.69. The fraction of sp³-hybridized carbons (Fsp3) is 0.435. The summed E-state index contributed by atoms with van der Waals surface area (Å²) in [5, 5.41) is 2.96. The molecule has 0 radical (unpaired) electrons. The van der Waals surface area contributed by atoms with Crippen molar-refractivity contribution in [2.24, 2.45) is 0 Å². The largest absolute Gasteiger partial charge is 0.493 e. The Balaban J connectivity index is 2.02. The molecule has 0 aliphatic heterocycles. The highest BCUT2D eigenvalue weighted by atomic mass is 16.5. The zero-order valence-electron chi connectivity index (χ0n) is 17.7. The highest BCUT2D eigenvalue weighted by Crippen LogP contribution is 2.29. The van der Waals surface area contributed by atoms with Gasteiger partial charge in [-0.15, -0.1) is 0 Å². The molecule has 0 fully saturated rings. The Morgan fingerprint density at radius 2 is 1.79 bits per heavy atom. The lowest BCUT2D eigenvalue weighted by atomic mass is 10.1. The van der Waals surface area contributed by atoms with Crippen LogP contribution in [0.5, 0.6) is 17.2 Å². The molecule has 0 aliphatic carbocycles. The van der Waals surface area contributed by atoms with E-state index in [0.29, 0.717) is 24.5 Å². The summed E-state index contributed by atoms with van der Waals surface area (Å²) < 4.78 is 17.1. The van der Waals surface area contributed by atoms with Crippen molar-refractivity contribution in [3.63, 3.8) is 0 Å². The second kappa shape index (κ2) is 10.0. The first kappa shape index (κ1) is 21.6. The molecule has 28 heavy (non-hydrogen) atoms. The first-order chi connectivity index (χ1) is 13.3. The van der Waals surface area contributed by atoms with Crippen molar-refractivity contribution in [3.8, 4) is 17.2 Å².